The number of piperazine rings is 1. The van der Waals surface area contributed by atoms with Gasteiger partial charge in [0.05, 0.1) is 19.4 Å². The lowest BCUT2D eigenvalue weighted by atomic mass is 10.2. The van der Waals surface area contributed by atoms with Crippen LogP contribution in [0.5, 0.6) is 11.5 Å². The van der Waals surface area contributed by atoms with Crippen LogP contribution in [-0.2, 0) is 4.74 Å². The molecule has 1 saturated heterocycles. The fourth-order valence-corrected chi connectivity index (χ4v) is 3.30. The Morgan fingerprint density at radius 1 is 1.07 bits per heavy atom. The molecule has 0 aromatic heterocycles. The minimum Gasteiger partial charge on any atom is -0.497 e. The lowest BCUT2D eigenvalue weighted by Gasteiger charge is -2.36. The highest BCUT2D eigenvalue weighted by Crippen LogP contribution is 2.24. The average Bonchev–Trinajstić information content (AvgIpc) is 2.76. The molecule has 0 aliphatic carbocycles. The van der Waals surface area contributed by atoms with Crippen molar-refractivity contribution < 1.29 is 19.0 Å². The van der Waals surface area contributed by atoms with E-state index in [4.69, 9.17) is 14.2 Å². The van der Waals surface area contributed by atoms with Crippen molar-refractivity contribution in [1.82, 2.24) is 4.90 Å². The van der Waals surface area contributed by atoms with Crippen molar-refractivity contribution in [3.05, 3.63) is 48.5 Å². The molecule has 1 heterocycles. The van der Waals surface area contributed by atoms with E-state index < -0.39 is 6.09 Å². The molecule has 1 N–H and O–H groups in total. The van der Waals surface area contributed by atoms with Gasteiger partial charge in [-0.3, -0.25) is 10.2 Å². The van der Waals surface area contributed by atoms with Gasteiger partial charge < -0.3 is 19.1 Å². The molecular formula is C22H29N3O4. The number of anilines is 2. The lowest BCUT2D eigenvalue weighted by Crippen LogP contribution is -2.47. The quantitative estimate of drug-likeness (QED) is 0.733. The summed E-state index contributed by atoms with van der Waals surface area (Å²) < 4.78 is 16.2. The van der Waals surface area contributed by atoms with Crippen LogP contribution in [0.3, 0.4) is 0 Å². The second-order valence-electron chi connectivity index (χ2n) is 6.72. The van der Waals surface area contributed by atoms with Gasteiger partial charge in [-0.1, -0.05) is 18.2 Å². The summed E-state index contributed by atoms with van der Waals surface area (Å²) in [5.74, 6) is 1.51. The first-order valence-electron chi connectivity index (χ1n) is 9.96. The number of rotatable bonds is 8. The van der Waals surface area contributed by atoms with Crippen molar-refractivity contribution in [2.24, 2.45) is 0 Å². The number of ether oxygens (including phenoxy) is 3. The van der Waals surface area contributed by atoms with E-state index in [0.717, 1.165) is 31.9 Å². The molecule has 0 radical (unpaired) electrons. The van der Waals surface area contributed by atoms with Gasteiger partial charge in [0, 0.05) is 44.5 Å². The fraction of sp³-hybridized carbons (Fsp3) is 0.409. The average molecular weight is 399 g/mol. The predicted molar refractivity (Wildman–Crippen MR) is 114 cm³/mol. The van der Waals surface area contributed by atoms with E-state index >= 15 is 0 Å². The normalized spacial score (nSPS) is 14.3. The van der Waals surface area contributed by atoms with Gasteiger partial charge in [-0.15, -0.1) is 0 Å². The number of methoxy groups -OCH3 is 1. The second-order valence-corrected chi connectivity index (χ2v) is 6.72. The first kappa shape index (κ1) is 20.8. The topological polar surface area (TPSA) is 63.3 Å². The molecule has 0 saturated carbocycles. The summed E-state index contributed by atoms with van der Waals surface area (Å²) in [7, 11) is 1.68. The number of amides is 1. The Kier molecular flexibility index (Phi) is 7.58. The lowest BCUT2D eigenvalue weighted by molar-refractivity contribution is 0.137. The van der Waals surface area contributed by atoms with E-state index in [1.54, 1.807) is 13.2 Å². The number of carbonyl (C=O) groups excluding carboxylic acids is 1. The standard InChI is InChI=1S/C22H29N3O4/c1-3-28-21-10-5-4-9-20(21)23-22(26)29-16-15-24-11-13-25(14-12-24)18-7-6-8-19(17-18)27-2/h4-10,17H,3,11-16H2,1-2H3,(H,23,26). The van der Waals surface area contributed by atoms with Crippen LogP contribution in [0, 0.1) is 0 Å². The number of carbonyl (C=O) groups is 1. The second kappa shape index (κ2) is 10.6. The van der Waals surface area contributed by atoms with Gasteiger partial charge >= 0.3 is 6.09 Å². The molecule has 1 aliphatic heterocycles. The van der Waals surface area contributed by atoms with Gasteiger partial charge in [0.2, 0.25) is 0 Å². The zero-order chi connectivity index (χ0) is 20.5. The highest BCUT2D eigenvalue weighted by Gasteiger charge is 2.18. The number of hydrogen-bond donors (Lipinski definition) is 1. The van der Waals surface area contributed by atoms with E-state index in [-0.39, 0.29) is 0 Å². The fourth-order valence-electron chi connectivity index (χ4n) is 3.30. The zero-order valence-corrected chi connectivity index (χ0v) is 17.1. The Hall–Kier alpha value is -2.93. The van der Waals surface area contributed by atoms with Gasteiger partial charge in [-0.25, -0.2) is 4.79 Å². The molecule has 0 spiro atoms. The maximum atomic E-state index is 12.1. The maximum Gasteiger partial charge on any atom is 0.411 e. The minimum atomic E-state index is -0.466. The van der Waals surface area contributed by atoms with E-state index in [1.165, 1.54) is 5.69 Å². The minimum absolute atomic E-state index is 0.349. The van der Waals surface area contributed by atoms with Crippen molar-refractivity contribution in [3.63, 3.8) is 0 Å². The van der Waals surface area contributed by atoms with Crippen molar-refractivity contribution in [1.29, 1.82) is 0 Å². The molecule has 156 valence electrons. The van der Waals surface area contributed by atoms with Gasteiger partial charge in [0.15, 0.2) is 0 Å². The van der Waals surface area contributed by atoms with Crippen LogP contribution >= 0.6 is 0 Å². The molecule has 1 aliphatic rings. The number of para-hydroxylation sites is 2. The molecule has 0 bridgehead atoms. The molecule has 2 aromatic rings. The van der Waals surface area contributed by atoms with Gasteiger partial charge in [-0.05, 0) is 31.2 Å². The summed E-state index contributed by atoms with van der Waals surface area (Å²) in [5.41, 5.74) is 1.79. The number of nitrogens with one attached hydrogen (secondary N) is 1. The van der Waals surface area contributed by atoms with Crippen LogP contribution in [-0.4, -0.2) is 64.0 Å². The van der Waals surface area contributed by atoms with Crippen molar-refractivity contribution in [2.45, 2.75) is 6.92 Å². The van der Waals surface area contributed by atoms with E-state index in [1.807, 2.05) is 37.3 Å². The van der Waals surface area contributed by atoms with Gasteiger partial charge in [0.1, 0.15) is 18.1 Å². The first-order valence-corrected chi connectivity index (χ1v) is 9.96. The monoisotopic (exact) mass is 399 g/mol. The van der Waals surface area contributed by atoms with Crippen molar-refractivity contribution >= 4 is 17.5 Å². The Morgan fingerprint density at radius 3 is 2.62 bits per heavy atom. The molecular weight excluding hydrogens is 370 g/mol. The molecule has 0 atom stereocenters. The van der Waals surface area contributed by atoms with Crippen molar-refractivity contribution in [3.8, 4) is 11.5 Å². The van der Waals surface area contributed by atoms with Crippen LogP contribution in [0.15, 0.2) is 48.5 Å². The Morgan fingerprint density at radius 2 is 1.86 bits per heavy atom. The number of benzene rings is 2. The summed E-state index contributed by atoms with van der Waals surface area (Å²) in [6.45, 7) is 7.22. The third-order valence-electron chi connectivity index (χ3n) is 4.86. The van der Waals surface area contributed by atoms with Crippen LogP contribution in [0.25, 0.3) is 0 Å². The molecule has 1 amide bonds. The molecule has 7 heteroatoms. The van der Waals surface area contributed by atoms with E-state index in [2.05, 4.69) is 27.2 Å². The summed E-state index contributed by atoms with van der Waals surface area (Å²) >= 11 is 0. The summed E-state index contributed by atoms with van der Waals surface area (Å²) in [6, 6.07) is 15.5. The molecule has 2 aromatic carbocycles. The van der Waals surface area contributed by atoms with Gasteiger partial charge in [0.25, 0.3) is 0 Å². The van der Waals surface area contributed by atoms with Crippen LogP contribution < -0.4 is 19.7 Å². The summed E-state index contributed by atoms with van der Waals surface area (Å²) in [4.78, 5) is 16.7. The largest absolute Gasteiger partial charge is 0.497 e. The predicted octanol–water partition coefficient (Wildman–Crippen LogP) is 3.46. The molecule has 3 rings (SSSR count). The Bertz CT molecular complexity index is 791. The third kappa shape index (κ3) is 6.02. The highest BCUT2D eigenvalue weighted by molar-refractivity contribution is 5.86. The van der Waals surface area contributed by atoms with Crippen LogP contribution in [0.4, 0.5) is 16.2 Å². The Labute approximate surface area is 172 Å². The SMILES string of the molecule is CCOc1ccccc1NC(=O)OCCN1CCN(c2cccc(OC)c2)CC1. The molecule has 0 unspecified atom stereocenters. The zero-order valence-electron chi connectivity index (χ0n) is 17.1. The van der Waals surface area contributed by atoms with Crippen LogP contribution in [0.1, 0.15) is 6.92 Å². The molecule has 7 nitrogen and oxygen atoms in total. The molecule has 29 heavy (non-hydrogen) atoms. The van der Waals surface area contributed by atoms with Crippen LogP contribution in [0.2, 0.25) is 0 Å². The molecule has 1 fully saturated rings. The third-order valence-corrected chi connectivity index (χ3v) is 4.86. The highest BCUT2D eigenvalue weighted by atomic mass is 16.5. The van der Waals surface area contributed by atoms with Crippen molar-refractivity contribution in [2.75, 3.05) is 63.3 Å². The summed E-state index contributed by atoms with van der Waals surface area (Å²) in [6.07, 6.45) is -0.466. The Balaban J connectivity index is 1.39. The van der Waals surface area contributed by atoms with Gasteiger partial charge in [-0.2, -0.15) is 0 Å². The van der Waals surface area contributed by atoms with E-state index in [9.17, 15) is 4.79 Å². The van der Waals surface area contributed by atoms with E-state index in [0.29, 0.717) is 31.2 Å². The summed E-state index contributed by atoms with van der Waals surface area (Å²) in [5, 5.41) is 2.75. The number of hydrogen-bond acceptors (Lipinski definition) is 6. The first-order chi connectivity index (χ1) is 14.2. The smallest absolute Gasteiger partial charge is 0.411 e. The number of nitrogens with zero attached hydrogens (tertiary/aromatic N) is 2. The maximum absolute atomic E-state index is 12.1.